The average molecular weight is 429 g/mol. The molecule has 0 radical (unpaired) electrons. The highest BCUT2D eigenvalue weighted by Gasteiger charge is 2.21. The summed E-state index contributed by atoms with van der Waals surface area (Å²) in [6, 6.07) is 14.8. The lowest BCUT2D eigenvalue weighted by atomic mass is 10.1. The van der Waals surface area contributed by atoms with Crippen molar-refractivity contribution in [3.8, 4) is 0 Å². The summed E-state index contributed by atoms with van der Waals surface area (Å²) in [6.07, 6.45) is 1.46. The molecule has 1 N–H and O–H groups in total. The number of quaternary nitrogens is 1. The Morgan fingerprint density at radius 2 is 1.93 bits per heavy atom. The number of likely N-dealkylation sites (N-methyl/N-ethyl adjacent to an activating group) is 1. The number of carbonyl (C=O) groups is 1. The molecule has 0 fully saturated rings. The van der Waals surface area contributed by atoms with Crippen molar-refractivity contribution in [3.05, 3.63) is 53.6 Å². The Morgan fingerprint density at radius 3 is 2.62 bits per heavy atom. The Balaban J connectivity index is 1.73. The highest BCUT2D eigenvalue weighted by Crippen LogP contribution is 2.31. The molecule has 1 aromatic heterocycles. The van der Waals surface area contributed by atoms with Crippen LogP contribution in [-0.2, 0) is 11.2 Å². The van der Waals surface area contributed by atoms with Crippen molar-refractivity contribution in [2.75, 3.05) is 37.8 Å². The summed E-state index contributed by atoms with van der Waals surface area (Å²) in [5.41, 5.74) is 3.54. The van der Waals surface area contributed by atoms with Crippen molar-refractivity contribution in [1.82, 2.24) is 4.98 Å². The Labute approximate surface area is 181 Å². The molecule has 0 saturated carbocycles. The fourth-order valence-electron chi connectivity index (χ4n) is 3.08. The topological polar surface area (TPSA) is 37.6 Å². The highest BCUT2D eigenvalue weighted by atomic mass is 32.2. The quantitative estimate of drug-likeness (QED) is 0.527. The zero-order valence-corrected chi connectivity index (χ0v) is 19.3. The number of para-hydroxylation sites is 1. The van der Waals surface area contributed by atoms with Gasteiger partial charge in [0.05, 0.1) is 37.4 Å². The van der Waals surface area contributed by atoms with E-state index in [4.69, 9.17) is 4.98 Å². The van der Waals surface area contributed by atoms with Crippen molar-refractivity contribution >= 4 is 44.4 Å². The number of carbonyl (C=O) groups excluding carboxylic acids is 1. The molecular formula is C23H30N3OS2+. The Bertz CT molecular complexity index is 950. The van der Waals surface area contributed by atoms with Gasteiger partial charge in [0.25, 0.3) is 0 Å². The van der Waals surface area contributed by atoms with E-state index in [1.165, 1.54) is 20.9 Å². The number of amides is 1. The maximum atomic E-state index is 13.1. The fourth-order valence-corrected chi connectivity index (χ4v) is 4.98. The maximum Gasteiger partial charge on any atom is 0.229 e. The summed E-state index contributed by atoms with van der Waals surface area (Å²) in [6.45, 7) is 5.82. The van der Waals surface area contributed by atoms with Gasteiger partial charge < -0.3 is 4.90 Å². The minimum absolute atomic E-state index is 0.156. The predicted molar refractivity (Wildman–Crippen MR) is 126 cm³/mol. The van der Waals surface area contributed by atoms with Crippen LogP contribution in [0.1, 0.15) is 24.5 Å². The van der Waals surface area contributed by atoms with Crippen LogP contribution < -0.4 is 9.80 Å². The van der Waals surface area contributed by atoms with Crippen LogP contribution in [0.15, 0.2) is 47.4 Å². The Morgan fingerprint density at radius 1 is 1.17 bits per heavy atom. The van der Waals surface area contributed by atoms with Gasteiger partial charge in [-0.15, -0.1) is 11.8 Å². The van der Waals surface area contributed by atoms with Crippen molar-refractivity contribution < 1.29 is 9.69 Å². The first-order chi connectivity index (χ1) is 14.0. The minimum Gasteiger partial charge on any atom is -0.338 e. The van der Waals surface area contributed by atoms with Crippen LogP contribution in [0.5, 0.6) is 0 Å². The average Bonchev–Trinajstić information content (AvgIpc) is 3.13. The number of aromatic nitrogens is 1. The minimum atomic E-state index is 0.156. The highest BCUT2D eigenvalue weighted by molar-refractivity contribution is 7.99. The molecule has 6 heteroatoms. The van der Waals surface area contributed by atoms with Gasteiger partial charge in [-0.25, -0.2) is 4.98 Å². The van der Waals surface area contributed by atoms with E-state index in [1.54, 1.807) is 23.1 Å². The van der Waals surface area contributed by atoms with Crippen molar-refractivity contribution in [2.45, 2.75) is 31.6 Å². The van der Waals surface area contributed by atoms with E-state index in [0.717, 1.165) is 34.1 Å². The van der Waals surface area contributed by atoms with Gasteiger partial charge in [0, 0.05) is 17.1 Å². The third-order valence-electron chi connectivity index (χ3n) is 4.85. The summed E-state index contributed by atoms with van der Waals surface area (Å²) in [5, 5.41) is 0.826. The van der Waals surface area contributed by atoms with Gasteiger partial charge in [-0.2, -0.15) is 0 Å². The number of nitrogens with one attached hydrogen (secondary N) is 1. The largest absolute Gasteiger partial charge is 0.338 e. The van der Waals surface area contributed by atoms with Crippen molar-refractivity contribution in [3.63, 3.8) is 0 Å². The van der Waals surface area contributed by atoms with Gasteiger partial charge in [-0.05, 0) is 37.1 Å². The standard InChI is InChI=1S/C23H29N3OS2/c1-5-18-7-6-8-20-22(18)24-23(29-20)26(15-14-25(3)4)21(27)13-16-28-19-11-9-17(2)10-12-19/h6-12H,5,13-16H2,1-4H3/p+1. The number of rotatable bonds is 9. The number of hydrogen-bond donors (Lipinski definition) is 1. The SMILES string of the molecule is CCc1cccc2sc(N(CC[NH+](C)C)C(=O)CCSc3ccc(C)cc3)nc12. The van der Waals surface area contributed by atoms with Gasteiger partial charge in [-0.1, -0.05) is 48.1 Å². The maximum absolute atomic E-state index is 13.1. The lowest BCUT2D eigenvalue weighted by Gasteiger charge is -2.20. The third kappa shape index (κ3) is 5.81. The normalized spacial score (nSPS) is 11.3. The first kappa shape index (κ1) is 21.8. The smallest absolute Gasteiger partial charge is 0.229 e. The third-order valence-corrected chi connectivity index (χ3v) is 6.90. The number of nitrogens with zero attached hydrogens (tertiary/aromatic N) is 2. The van der Waals surface area contributed by atoms with Crippen LogP contribution in [0.4, 0.5) is 5.13 Å². The van der Waals surface area contributed by atoms with E-state index < -0.39 is 0 Å². The summed E-state index contributed by atoms with van der Waals surface area (Å²) >= 11 is 3.36. The van der Waals surface area contributed by atoms with E-state index in [2.05, 4.69) is 70.4 Å². The van der Waals surface area contributed by atoms with Crippen LogP contribution in [0, 0.1) is 6.92 Å². The van der Waals surface area contributed by atoms with Crippen molar-refractivity contribution in [1.29, 1.82) is 0 Å². The molecule has 0 aliphatic carbocycles. The zero-order valence-electron chi connectivity index (χ0n) is 17.7. The van der Waals surface area contributed by atoms with E-state index in [1.807, 2.05) is 4.90 Å². The number of anilines is 1. The van der Waals surface area contributed by atoms with Crippen LogP contribution in [-0.4, -0.2) is 43.8 Å². The second kappa shape index (κ2) is 10.2. The molecule has 0 aliphatic rings. The second-order valence-electron chi connectivity index (χ2n) is 7.53. The molecule has 2 aromatic carbocycles. The molecule has 1 amide bonds. The Hall–Kier alpha value is -1.89. The molecular weight excluding hydrogens is 398 g/mol. The van der Waals surface area contributed by atoms with Gasteiger partial charge >= 0.3 is 0 Å². The van der Waals surface area contributed by atoms with E-state index in [-0.39, 0.29) is 5.91 Å². The van der Waals surface area contributed by atoms with Gasteiger partial charge in [0.1, 0.15) is 0 Å². The molecule has 3 aromatic rings. The van der Waals surface area contributed by atoms with Gasteiger partial charge in [-0.3, -0.25) is 9.69 Å². The summed E-state index contributed by atoms with van der Waals surface area (Å²) in [7, 11) is 4.23. The van der Waals surface area contributed by atoms with Crippen LogP contribution >= 0.6 is 23.1 Å². The molecule has 0 unspecified atom stereocenters. The molecule has 1 heterocycles. The number of aryl methyl sites for hydroxylation is 2. The second-order valence-corrected chi connectivity index (χ2v) is 9.71. The number of thioether (sulfide) groups is 1. The number of benzene rings is 2. The van der Waals surface area contributed by atoms with E-state index >= 15 is 0 Å². The first-order valence-electron chi connectivity index (χ1n) is 10.1. The lowest BCUT2D eigenvalue weighted by Crippen LogP contribution is -3.06. The van der Waals surface area contributed by atoms with E-state index in [0.29, 0.717) is 13.0 Å². The first-order valence-corrected chi connectivity index (χ1v) is 12.0. The molecule has 0 bridgehead atoms. The van der Waals surface area contributed by atoms with Gasteiger partial charge in [0.15, 0.2) is 5.13 Å². The van der Waals surface area contributed by atoms with Crippen molar-refractivity contribution in [2.24, 2.45) is 0 Å². The monoisotopic (exact) mass is 428 g/mol. The fraction of sp³-hybridized carbons (Fsp3) is 0.391. The van der Waals surface area contributed by atoms with Crippen LogP contribution in [0.3, 0.4) is 0 Å². The molecule has 3 rings (SSSR count). The summed E-state index contributed by atoms with van der Waals surface area (Å²) in [5.74, 6) is 0.932. The summed E-state index contributed by atoms with van der Waals surface area (Å²) < 4.78 is 1.16. The Kier molecular flexibility index (Phi) is 7.70. The zero-order chi connectivity index (χ0) is 20.8. The number of hydrogen-bond acceptors (Lipinski definition) is 4. The molecule has 0 aliphatic heterocycles. The van der Waals surface area contributed by atoms with E-state index in [9.17, 15) is 4.79 Å². The molecule has 0 atom stereocenters. The molecule has 0 spiro atoms. The number of fused-ring (bicyclic) bond motifs is 1. The number of thiazole rings is 1. The molecule has 154 valence electrons. The lowest BCUT2D eigenvalue weighted by molar-refractivity contribution is -0.856. The van der Waals surface area contributed by atoms with Crippen LogP contribution in [0.25, 0.3) is 10.2 Å². The predicted octanol–water partition coefficient (Wildman–Crippen LogP) is 3.83. The van der Waals surface area contributed by atoms with Crippen LogP contribution in [0.2, 0.25) is 0 Å². The molecule has 29 heavy (non-hydrogen) atoms. The molecule has 4 nitrogen and oxygen atoms in total. The summed E-state index contributed by atoms with van der Waals surface area (Å²) in [4.78, 5) is 22.4. The molecule has 0 saturated heterocycles. The van der Waals surface area contributed by atoms with Gasteiger partial charge in [0.2, 0.25) is 5.91 Å².